The minimum absolute atomic E-state index is 0.453. The van der Waals surface area contributed by atoms with Gasteiger partial charge in [0.1, 0.15) is 12.0 Å². The van der Waals surface area contributed by atoms with E-state index in [1.807, 2.05) is 0 Å². The summed E-state index contributed by atoms with van der Waals surface area (Å²) in [7, 11) is 1.58. The molecule has 5 heteroatoms. The van der Waals surface area contributed by atoms with Crippen LogP contribution >= 0.6 is 0 Å². The second-order valence-electron chi connectivity index (χ2n) is 5.97. The summed E-state index contributed by atoms with van der Waals surface area (Å²) in [4.78, 5) is 10.6. The smallest absolute Gasteiger partial charge is 0.242 e. The largest absolute Gasteiger partial charge is 0.479 e. The topological polar surface area (TPSA) is 64.3 Å². The van der Waals surface area contributed by atoms with Crippen molar-refractivity contribution < 1.29 is 4.74 Å². The molecule has 0 spiro atoms. The number of hydrogen-bond acceptors (Lipinski definition) is 5. The number of methoxy groups -OCH3 is 1. The molecule has 1 aromatic rings. The highest BCUT2D eigenvalue weighted by atomic mass is 16.5. The molecule has 0 aliphatic carbocycles. The Bertz CT molecular complexity index is 395. The Morgan fingerprint density at radius 1 is 1.10 bits per heavy atom. The number of ether oxygens (including phenoxy) is 1. The highest BCUT2D eigenvalue weighted by Crippen LogP contribution is 2.28. The fourth-order valence-corrected chi connectivity index (χ4v) is 1.94. The zero-order valence-electron chi connectivity index (χ0n) is 13.4. The summed E-state index contributed by atoms with van der Waals surface area (Å²) in [6.07, 6.45) is 3.75. The van der Waals surface area contributed by atoms with E-state index in [2.05, 4.69) is 42.6 Å². The van der Waals surface area contributed by atoms with Crippen LogP contribution in [0, 0.1) is 11.8 Å². The van der Waals surface area contributed by atoms with Gasteiger partial charge in [0.25, 0.3) is 0 Å². The lowest BCUT2D eigenvalue weighted by molar-refractivity contribution is 0.399. The lowest BCUT2D eigenvalue weighted by Gasteiger charge is -2.26. The van der Waals surface area contributed by atoms with Crippen LogP contribution in [0.25, 0.3) is 0 Å². The van der Waals surface area contributed by atoms with Crippen LogP contribution < -0.4 is 15.4 Å². The molecule has 0 aliphatic rings. The monoisotopic (exact) mass is 280 g/mol. The fourth-order valence-electron chi connectivity index (χ4n) is 1.94. The molecule has 0 unspecified atom stereocenters. The Morgan fingerprint density at radius 3 is 2.10 bits per heavy atom. The van der Waals surface area contributed by atoms with Crippen molar-refractivity contribution in [1.82, 2.24) is 9.97 Å². The molecule has 0 radical (unpaired) electrons. The molecule has 0 amide bonds. The molecule has 114 valence electrons. The SMILES string of the molecule is COc1ncnc(N(CCC(C)C)CCC(C)C)c1N. The van der Waals surface area contributed by atoms with Crippen LogP contribution in [0.15, 0.2) is 6.33 Å². The molecule has 20 heavy (non-hydrogen) atoms. The fraction of sp³-hybridized carbons (Fsp3) is 0.733. The van der Waals surface area contributed by atoms with Gasteiger partial charge in [-0.1, -0.05) is 27.7 Å². The summed E-state index contributed by atoms with van der Waals surface area (Å²) in [5, 5.41) is 0. The Labute approximate surface area is 122 Å². The Morgan fingerprint density at radius 2 is 1.65 bits per heavy atom. The summed E-state index contributed by atoms with van der Waals surface area (Å²) in [6, 6.07) is 0. The minimum Gasteiger partial charge on any atom is -0.479 e. The van der Waals surface area contributed by atoms with E-state index in [9.17, 15) is 0 Å². The van der Waals surface area contributed by atoms with Crippen LogP contribution in [0.4, 0.5) is 11.5 Å². The van der Waals surface area contributed by atoms with Crippen molar-refractivity contribution in [1.29, 1.82) is 0 Å². The van der Waals surface area contributed by atoms with E-state index in [4.69, 9.17) is 10.5 Å². The molecule has 0 aromatic carbocycles. The molecule has 5 nitrogen and oxygen atoms in total. The van der Waals surface area contributed by atoms with Gasteiger partial charge in [-0.2, -0.15) is 4.98 Å². The van der Waals surface area contributed by atoms with E-state index in [0.29, 0.717) is 23.4 Å². The molecule has 0 bridgehead atoms. The normalized spacial score (nSPS) is 11.2. The standard InChI is InChI=1S/C15H28N4O/c1-11(2)6-8-19(9-7-12(3)4)14-13(16)15(20-5)18-10-17-14/h10-12H,6-9,16H2,1-5H3. The third-order valence-corrected chi connectivity index (χ3v) is 3.27. The van der Waals surface area contributed by atoms with Gasteiger partial charge in [-0.05, 0) is 24.7 Å². The maximum Gasteiger partial charge on any atom is 0.242 e. The van der Waals surface area contributed by atoms with E-state index in [0.717, 1.165) is 31.7 Å². The quantitative estimate of drug-likeness (QED) is 0.793. The van der Waals surface area contributed by atoms with Crippen molar-refractivity contribution in [2.24, 2.45) is 11.8 Å². The van der Waals surface area contributed by atoms with Crippen LogP contribution in [0.3, 0.4) is 0 Å². The molecule has 1 heterocycles. The Kier molecular flexibility index (Phi) is 6.55. The van der Waals surface area contributed by atoms with Crippen molar-refractivity contribution in [3.8, 4) is 5.88 Å². The first-order valence-corrected chi connectivity index (χ1v) is 7.35. The van der Waals surface area contributed by atoms with Crippen molar-refractivity contribution in [3.05, 3.63) is 6.33 Å². The summed E-state index contributed by atoms with van der Waals surface area (Å²) >= 11 is 0. The van der Waals surface area contributed by atoms with Gasteiger partial charge in [-0.3, -0.25) is 0 Å². The van der Waals surface area contributed by atoms with Gasteiger partial charge in [-0.15, -0.1) is 0 Å². The maximum absolute atomic E-state index is 6.12. The zero-order chi connectivity index (χ0) is 15.1. The third-order valence-electron chi connectivity index (χ3n) is 3.27. The first-order chi connectivity index (χ1) is 9.45. The molecule has 0 aliphatic heterocycles. The molecular weight excluding hydrogens is 252 g/mol. The van der Waals surface area contributed by atoms with Crippen LogP contribution in [0.5, 0.6) is 5.88 Å². The van der Waals surface area contributed by atoms with Crippen molar-refractivity contribution in [3.63, 3.8) is 0 Å². The zero-order valence-corrected chi connectivity index (χ0v) is 13.4. The van der Waals surface area contributed by atoms with Crippen LogP contribution in [0.2, 0.25) is 0 Å². The summed E-state index contributed by atoms with van der Waals surface area (Å²) < 4.78 is 5.18. The lowest BCUT2D eigenvalue weighted by Crippen LogP contribution is -2.29. The number of rotatable bonds is 8. The maximum atomic E-state index is 6.12. The Balaban J connectivity index is 2.90. The second-order valence-corrected chi connectivity index (χ2v) is 5.97. The molecule has 0 atom stereocenters. The van der Waals surface area contributed by atoms with E-state index in [1.54, 1.807) is 7.11 Å². The van der Waals surface area contributed by atoms with Gasteiger partial charge in [0, 0.05) is 13.1 Å². The molecular formula is C15H28N4O. The first-order valence-electron chi connectivity index (χ1n) is 7.35. The van der Waals surface area contributed by atoms with Crippen LogP contribution in [-0.4, -0.2) is 30.2 Å². The van der Waals surface area contributed by atoms with E-state index in [1.165, 1.54) is 6.33 Å². The van der Waals surface area contributed by atoms with Gasteiger partial charge in [0.2, 0.25) is 5.88 Å². The molecule has 0 saturated heterocycles. The molecule has 2 N–H and O–H groups in total. The molecule has 1 rings (SSSR count). The average Bonchev–Trinajstić information content (AvgIpc) is 2.39. The lowest BCUT2D eigenvalue weighted by atomic mass is 10.1. The number of nitrogens with zero attached hydrogens (tertiary/aromatic N) is 3. The number of hydrogen-bond donors (Lipinski definition) is 1. The predicted octanol–water partition coefficient (Wildman–Crippen LogP) is 2.97. The number of aromatic nitrogens is 2. The Hall–Kier alpha value is -1.52. The van der Waals surface area contributed by atoms with Gasteiger partial charge >= 0.3 is 0 Å². The van der Waals surface area contributed by atoms with E-state index < -0.39 is 0 Å². The highest BCUT2D eigenvalue weighted by Gasteiger charge is 2.16. The highest BCUT2D eigenvalue weighted by molar-refractivity contribution is 5.67. The second kappa shape index (κ2) is 7.92. The van der Waals surface area contributed by atoms with Gasteiger partial charge in [0.15, 0.2) is 5.82 Å². The summed E-state index contributed by atoms with van der Waals surface area (Å²) in [5.74, 6) is 2.55. The van der Waals surface area contributed by atoms with Gasteiger partial charge in [-0.25, -0.2) is 4.98 Å². The van der Waals surface area contributed by atoms with Gasteiger partial charge < -0.3 is 15.4 Å². The molecule has 1 aromatic heterocycles. The van der Waals surface area contributed by atoms with Gasteiger partial charge in [0.05, 0.1) is 7.11 Å². The van der Waals surface area contributed by atoms with Crippen molar-refractivity contribution in [2.75, 3.05) is 30.8 Å². The predicted molar refractivity (Wildman–Crippen MR) is 84.1 cm³/mol. The van der Waals surface area contributed by atoms with Crippen LogP contribution in [-0.2, 0) is 0 Å². The van der Waals surface area contributed by atoms with Crippen molar-refractivity contribution >= 4 is 11.5 Å². The number of nitrogen functional groups attached to an aromatic ring is 1. The number of anilines is 2. The van der Waals surface area contributed by atoms with Crippen LogP contribution in [0.1, 0.15) is 40.5 Å². The third kappa shape index (κ3) is 4.87. The van der Waals surface area contributed by atoms with E-state index >= 15 is 0 Å². The first kappa shape index (κ1) is 16.5. The number of nitrogens with two attached hydrogens (primary N) is 1. The van der Waals surface area contributed by atoms with Crippen molar-refractivity contribution in [2.45, 2.75) is 40.5 Å². The molecule has 0 fully saturated rings. The average molecular weight is 280 g/mol. The van der Waals surface area contributed by atoms with E-state index in [-0.39, 0.29) is 0 Å². The molecule has 0 saturated carbocycles. The summed E-state index contributed by atoms with van der Waals surface area (Å²) in [5.41, 5.74) is 6.65. The summed E-state index contributed by atoms with van der Waals surface area (Å²) in [6.45, 7) is 10.8. The minimum atomic E-state index is 0.453.